The molecule has 0 aliphatic rings. The summed E-state index contributed by atoms with van der Waals surface area (Å²) in [6.45, 7) is 1.85. The molecule has 5 nitrogen and oxygen atoms in total. The van der Waals surface area contributed by atoms with Gasteiger partial charge in [-0.1, -0.05) is 41.1 Å². The van der Waals surface area contributed by atoms with Crippen LogP contribution in [0.1, 0.15) is 22.5 Å². The van der Waals surface area contributed by atoms with Crippen LogP contribution in [0.5, 0.6) is 5.75 Å². The molecule has 0 saturated heterocycles. The van der Waals surface area contributed by atoms with Gasteiger partial charge in [0.25, 0.3) is 0 Å². The fourth-order valence-electron chi connectivity index (χ4n) is 2.24. The minimum absolute atomic E-state index is 0.188. The van der Waals surface area contributed by atoms with Crippen LogP contribution in [0.4, 0.5) is 0 Å². The number of aryl methyl sites for hydroxylation is 1. The number of aliphatic hydroxyl groups is 1. The van der Waals surface area contributed by atoms with Crippen molar-refractivity contribution in [2.45, 2.75) is 13.5 Å². The van der Waals surface area contributed by atoms with Crippen LogP contribution in [-0.4, -0.2) is 25.2 Å². The van der Waals surface area contributed by atoms with Gasteiger partial charge in [0.15, 0.2) is 0 Å². The second-order valence-corrected chi connectivity index (χ2v) is 5.25. The Balaban J connectivity index is 1.98. The van der Waals surface area contributed by atoms with Crippen LogP contribution in [0, 0.1) is 6.92 Å². The molecule has 0 radical (unpaired) electrons. The third kappa shape index (κ3) is 3.30. The first-order chi connectivity index (χ1) is 11.2. The molecule has 2 N–H and O–H groups in total. The number of nitrogens with zero attached hydrogens (tertiary/aromatic N) is 3. The second-order valence-electron chi connectivity index (χ2n) is 5.25. The first-order valence-corrected chi connectivity index (χ1v) is 7.27. The van der Waals surface area contributed by atoms with Gasteiger partial charge in [0.2, 0.25) is 0 Å². The Labute approximate surface area is 134 Å². The molecule has 23 heavy (non-hydrogen) atoms. The Kier molecular flexibility index (Phi) is 4.21. The fourth-order valence-corrected chi connectivity index (χ4v) is 2.24. The van der Waals surface area contributed by atoms with Gasteiger partial charge in [-0.3, -0.25) is 0 Å². The Morgan fingerprint density at radius 3 is 2.35 bits per heavy atom. The van der Waals surface area contributed by atoms with Crippen molar-refractivity contribution in [3.05, 3.63) is 71.0 Å². The predicted octanol–water partition coefficient (Wildman–Crippen LogP) is 2.94. The van der Waals surface area contributed by atoms with Crippen LogP contribution in [-0.2, 0) is 6.61 Å². The van der Waals surface area contributed by atoms with Gasteiger partial charge in [-0.25, -0.2) is 4.68 Å². The second kappa shape index (κ2) is 6.46. The topological polar surface area (TPSA) is 71.2 Å². The number of rotatable bonds is 4. The summed E-state index contributed by atoms with van der Waals surface area (Å²) in [5.74, 6) is 0.188. The molecule has 1 heterocycles. The molecule has 0 atom stereocenters. The minimum Gasteiger partial charge on any atom is -0.508 e. The summed E-state index contributed by atoms with van der Waals surface area (Å²) < 4.78 is 1.63. The third-order valence-corrected chi connectivity index (χ3v) is 3.53. The summed E-state index contributed by atoms with van der Waals surface area (Å²) in [5.41, 5.74) is 4.23. The maximum Gasteiger partial charge on any atom is 0.116 e. The Hall–Kier alpha value is -2.92. The zero-order valence-corrected chi connectivity index (χ0v) is 12.7. The summed E-state index contributed by atoms with van der Waals surface area (Å²) in [6, 6.07) is 14.8. The normalized spacial score (nSPS) is 11.2. The van der Waals surface area contributed by atoms with E-state index in [1.165, 1.54) is 5.56 Å². The van der Waals surface area contributed by atoms with E-state index in [2.05, 4.69) is 10.3 Å². The van der Waals surface area contributed by atoms with Gasteiger partial charge in [0.05, 0.1) is 18.0 Å². The van der Waals surface area contributed by atoms with Crippen molar-refractivity contribution in [3.63, 3.8) is 0 Å². The summed E-state index contributed by atoms with van der Waals surface area (Å²) in [7, 11) is 0. The molecule has 0 saturated carbocycles. The molecule has 1 aromatic heterocycles. The summed E-state index contributed by atoms with van der Waals surface area (Å²) in [5, 5.41) is 27.0. The van der Waals surface area contributed by atoms with Crippen LogP contribution in [0.2, 0.25) is 0 Å². The molecule has 0 amide bonds. The highest BCUT2D eigenvalue weighted by Gasteiger charge is 2.11. The molecular formula is C18H17N3O2. The van der Waals surface area contributed by atoms with Crippen molar-refractivity contribution >= 4 is 12.2 Å². The molecule has 5 heteroatoms. The van der Waals surface area contributed by atoms with Crippen LogP contribution in [0.3, 0.4) is 0 Å². The number of aliphatic hydroxyl groups excluding tert-OH is 1. The standard InChI is InChI=1S/C18H17N3O2/c1-13-2-4-14(5-3-13)6-11-18-17(12-22)19-20-21(18)15-7-9-16(23)10-8-15/h2-11,22-23H,12H2,1H3/b11-6+. The molecule has 0 unspecified atom stereocenters. The highest BCUT2D eigenvalue weighted by Crippen LogP contribution is 2.19. The maximum absolute atomic E-state index is 9.47. The van der Waals surface area contributed by atoms with Crippen molar-refractivity contribution in [1.82, 2.24) is 15.0 Å². The van der Waals surface area contributed by atoms with Crippen molar-refractivity contribution in [1.29, 1.82) is 0 Å². The third-order valence-electron chi connectivity index (χ3n) is 3.53. The molecule has 0 aliphatic carbocycles. The van der Waals surface area contributed by atoms with Crippen LogP contribution in [0.15, 0.2) is 48.5 Å². The molecule has 0 bridgehead atoms. The molecule has 116 valence electrons. The molecule has 0 fully saturated rings. The first kappa shape index (κ1) is 15.0. The number of aromatic hydroxyl groups is 1. The van der Waals surface area contributed by atoms with Gasteiger partial charge >= 0.3 is 0 Å². The largest absolute Gasteiger partial charge is 0.508 e. The minimum atomic E-state index is -0.189. The summed E-state index contributed by atoms with van der Waals surface area (Å²) in [6.07, 6.45) is 3.83. The SMILES string of the molecule is Cc1ccc(/C=C/c2c(CO)nnn2-c2ccc(O)cc2)cc1. The van der Waals surface area contributed by atoms with E-state index in [1.807, 2.05) is 43.3 Å². The quantitative estimate of drug-likeness (QED) is 0.777. The average Bonchev–Trinajstić information content (AvgIpc) is 2.98. The van der Waals surface area contributed by atoms with E-state index in [0.717, 1.165) is 11.3 Å². The van der Waals surface area contributed by atoms with Crippen molar-refractivity contribution in [2.75, 3.05) is 0 Å². The molecular weight excluding hydrogens is 290 g/mol. The van der Waals surface area contributed by atoms with Crippen LogP contribution >= 0.6 is 0 Å². The van der Waals surface area contributed by atoms with Gasteiger partial charge in [0.1, 0.15) is 11.4 Å². The van der Waals surface area contributed by atoms with Gasteiger partial charge in [-0.2, -0.15) is 0 Å². The van der Waals surface area contributed by atoms with Gasteiger partial charge in [-0.15, -0.1) is 5.10 Å². The molecule has 0 aliphatic heterocycles. The smallest absolute Gasteiger partial charge is 0.116 e. The number of phenolic OH excluding ortho intramolecular Hbond substituents is 1. The van der Waals surface area contributed by atoms with E-state index in [9.17, 15) is 10.2 Å². The van der Waals surface area contributed by atoms with Gasteiger partial charge in [0, 0.05) is 0 Å². The number of benzene rings is 2. The summed E-state index contributed by atoms with van der Waals surface area (Å²) in [4.78, 5) is 0. The number of hydrogen-bond acceptors (Lipinski definition) is 4. The summed E-state index contributed by atoms with van der Waals surface area (Å²) >= 11 is 0. The molecule has 2 aromatic carbocycles. The highest BCUT2D eigenvalue weighted by molar-refractivity contribution is 5.69. The number of aromatic nitrogens is 3. The first-order valence-electron chi connectivity index (χ1n) is 7.27. The lowest BCUT2D eigenvalue weighted by Crippen LogP contribution is -1.99. The fraction of sp³-hybridized carbons (Fsp3) is 0.111. The van der Waals surface area contributed by atoms with E-state index in [1.54, 1.807) is 28.9 Å². The van der Waals surface area contributed by atoms with Crippen molar-refractivity contribution in [3.8, 4) is 11.4 Å². The Bertz CT molecular complexity index is 818. The maximum atomic E-state index is 9.47. The lowest BCUT2D eigenvalue weighted by molar-refractivity contribution is 0.276. The number of hydrogen-bond donors (Lipinski definition) is 2. The van der Waals surface area contributed by atoms with Crippen LogP contribution in [0.25, 0.3) is 17.8 Å². The average molecular weight is 307 g/mol. The van der Waals surface area contributed by atoms with E-state index in [-0.39, 0.29) is 12.4 Å². The number of phenols is 1. The molecule has 0 spiro atoms. The van der Waals surface area contributed by atoms with Crippen molar-refractivity contribution in [2.24, 2.45) is 0 Å². The predicted molar refractivity (Wildman–Crippen MR) is 89.1 cm³/mol. The molecule has 3 aromatic rings. The lowest BCUT2D eigenvalue weighted by atomic mass is 10.1. The lowest BCUT2D eigenvalue weighted by Gasteiger charge is -2.04. The van der Waals surface area contributed by atoms with Crippen molar-refractivity contribution < 1.29 is 10.2 Å². The van der Waals surface area contributed by atoms with E-state index >= 15 is 0 Å². The van der Waals surface area contributed by atoms with E-state index in [4.69, 9.17) is 0 Å². The zero-order valence-electron chi connectivity index (χ0n) is 12.7. The van der Waals surface area contributed by atoms with E-state index < -0.39 is 0 Å². The van der Waals surface area contributed by atoms with Gasteiger partial charge in [-0.05, 0) is 42.8 Å². The Morgan fingerprint density at radius 1 is 1.00 bits per heavy atom. The molecule has 3 rings (SSSR count). The van der Waals surface area contributed by atoms with E-state index in [0.29, 0.717) is 11.4 Å². The Morgan fingerprint density at radius 2 is 1.70 bits per heavy atom. The monoisotopic (exact) mass is 307 g/mol. The van der Waals surface area contributed by atoms with Gasteiger partial charge < -0.3 is 10.2 Å². The highest BCUT2D eigenvalue weighted by atomic mass is 16.3. The van der Waals surface area contributed by atoms with Crippen LogP contribution < -0.4 is 0 Å². The zero-order chi connectivity index (χ0) is 16.2.